The van der Waals surface area contributed by atoms with Gasteiger partial charge >= 0.3 is 6.16 Å². The molecule has 100 valence electrons. The number of rotatable bonds is 6. The Bertz CT molecular complexity index is 260. The first kappa shape index (κ1) is 14.3. The van der Waals surface area contributed by atoms with E-state index in [4.69, 9.17) is 14.2 Å². The molecule has 1 aliphatic rings. The molecule has 1 saturated heterocycles. The number of cyclic esters (lactones) is 2. The molecule has 4 heteroatoms. The van der Waals surface area contributed by atoms with Crippen LogP contribution in [0.1, 0.15) is 47.5 Å². The van der Waals surface area contributed by atoms with Gasteiger partial charge in [-0.1, -0.05) is 13.8 Å². The highest BCUT2D eigenvalue weighted by Gasteiger charge is 2.33. The Morgan fingerprint density at radius 2 is 2.06 bits per heavy atom. The van der Waals surface area contributed by atoms with Crippen molar-refractivity contribution < 1.29 is 19.0 Å². The average molecular weight is 244 g/mol. The van der Waals surface area contributed by atoms with E-state index in [1.54, 1.807) is 0 Å². The summed E-state index contributed by atoms with van der Waals surface area (Å²) in [4.78, 5) is 10.8. The summed E-state index contributed by atoms with van der Waals surface area (Å²) in [7, 11) is 0. The second kappa shape index (κ2) is 5.71. The van der Waals surface area contributed by atoms with Crippen LogP contribution in [0.4, 0.5) is 4.79 Å². The van der Waals surface area contributed by atoms with Crippen LogP contribution in [0.15, 0.2) is 0 Å². The van der Waals surface area contributed by atoms with E-state index in [2.05, 4.69) is 20.8 Å². The van der Waals surface area contributed by atoms with Gasteiger partial charge < -0.3 is 14.2 Å². The van der Waals surface area contributed by atoms with E-state index >= 15 is 0 Å². The number of hydrogen-bond donors (Lipinski definition) is 0. The molecule has 0 N–H and O–H groups in total. The Kier molecular flexibility index (Phi) is 4.80. The van der Waals surface area contributed by atoms with Gasteiger partial charge in [0.15, 0.2) is 0 Å². The molecule has 0 aromatic carbocycles. The highest BCUT2D eigenvalue weighted by atomic mass is 16.8. The van der Waals surface area contributed by atoms with Crippen molar-refractivity contribution in [2.24, 2.45) is 5.92 Å². The molecule has 0 radical (unpaired) electrons. The summed E-state index contributed by atoms with van der Waals surface area (Å²) in [6, 6.07) is 0. The molecule has 1 heterocycles. The second-order valence-electron chi connectivity index (χ2n) is 5.82. The highest BCUT2D eigenvalue weighted by molar-refractivity contribution is 5.61. The van der Waals surface area contributed by atoms with Gasteiger partial charge in [0.25, 0.3) is 0 Å². The van der Waals surface area contributed by atoms with Gasteiger partial charge in [0.05, 0.1) is 11.7 Å². The van der Waals surface area contributed by atoms with Crippen LogP contribution in [-0.4, -0.2) is 30.6 Å². The minimum Gasteiger partial charge on any atom is -0.430 e. The highest BCUT2D eigenvalue weighted by Crippen LogP contribution is 2.25. The van der Waals surface area contributed by atoms with Crippen LogP contribution in [-0.2, 0) is 14.2 Å². The van der Waals surface area contributed by atoms with Gasteiger partial charge in [-0.25, -0.2) is 4.79 Å². The first-order valence-electron chi connectivity index (χ1n) is 6.30. The third-order valence-corrected chi connectivity index (χ3v) is 2.69. The van der Waals surface area contributed by atoms with Crippen LogP contribution in [0, 0.1) is 5.92 Å². The van der Waals surface area contributed by atoms with Crippen LogP contribution >= 0.6 is 0 Å². The normalized spacial score (nSPS) is 22.5. The summed E-state index contributed by atoms with van der Waals surface area (Å²) in [5, 5.41) is 0. The predicted molar refractivity (Wildman–Crippen MR) is 64.9 cm³/mol. The Morgan fingerprint density at radius 3 is 2.53 bits per heavy atom. The van der Waals surface area contributed by atoms with E-state index < -0.39 is 6.16 Å². The third kappa shape index (κ3) is 5.39. The topological polar surface area (TPSA) is 44.8 Å². The van der Waals surface area contributed by atoms with Gasteiger partial charge in [-0.3, -0.25) is 0 Å². The number of carbonyl (C=O) groups is 1. The van der Waals surface area contributed by atoms with E-state index in [1.807, 2.05) is 13.8 Å². The van der Waals surface area contributed by atoms with Gasteiger partial charge in [-0.05, 0) is 33.1 Å². The SMILES string of the molecule is CC(C)CC(C)OC(C)(C)CC1COC(=O)O1. The molecule has 0 saturated carbocycles. The molecular formula is C13H24O4. The molecule has 0 bridgehead atoms. The van der Waals surface area contributed by atoms with Crippen LogP contribution in [0.2, 0.25) is 0 Å². The van der Waals surface area contributed by atoms with Crippen molar-refractivity contribution in [1.82, 2.24) is 0 Å². The maximum absolute atomic E-state index is 10.8. The summed E-state index contributed by atoms with van der Waals surface area (Å²) in [6.45, 7) is 10.8. The Balaban J connectivity index is 2.37. The van der Waals surface area contributed by atoms with Gasteiger partial charge in [0.1, 0.15) is 12.7 Å². The van der Waals surface area contributed by atoms with Crippen molar-refractivity contribution in [2.45, 2.75) is 65.3 Å². The van der Waals surface area contributed by atoms with Crippen LogP contribution in [0.25, 0.3) is 0 Å². The van der Waals surface area contributed by atoms with Crippen molar-refractivity contribution in [1.29, 1.82) is 0 Å². The molecule has 0 aromatic heterocycles. The molecule has 2 unspecified atom stereocenters. The zero-order chi connectivity index (χ0) is 13.1. The van der Waals surface area contributed by atoms with Crippen molar-refractivity contribution in [2.75, 3.05) is 6.61 Å². The smallest absolute Gasteiger partial charge is 0.430 e. The van der Waals surface area contributed by atoms with Crippen LogP contribution < -0.4 is 0 Å². The first-order valence-corrected chi connectivity index (χ1v) is 6.30. The summed E-state index contributed by atoms with van der Waals surface area (Å²) in [5.41, 5.74) is -0.299. The lowest BCUT2D eigenvalue weighted by molar-refractivity contribution is -0.0887. The lowest BCUT2D eigenvalue weighted by atomic mass is 9.99. The fourth-order valence-corrected chi connectivity index (χ4v) is 2.32. The van der Waals surface area contributed by atoms with Crippen molar-refractivity contribution in [3.05, 3.63) is 0 Å². The van der Waals surface area contributed by atoms with Crippen molar-refractivity contribution in [3.8, 4) is 0 Å². The Morgan fingerprint density at radius 1 is 1.41 bits per heavy atom. The molecule has 4 nitrogen and oxygen atoms in total. The largest absolute Gasteiger partial charge is 0.508 e. The standard InChI is InChI=1S/C13H24O4/c1-9(2)6-10(3)17-13(4,5)7-11-8-15-12(14)16-11/h9-11H,6-8H2,1-5H3. The molecule has 0 aliphatic carbocycles. The third-order valence-electron chi connectivity index (χ3n) is 2.69. The summed E-state index contributed by atoms with van der Waals surface area (Å²) >= 11 is 0. The van der Waals surface area contributed by atoms with E-state index in [0.29, 0.717) is 18.9 Å². The van der Waals surface area contributed by atoms with Crippen molar-refractivity contribution in [3.63, 3.8) is 0 Å². The molecule has 1 fully saturated rings. The van der Waals surface area contributed by atoms with Gasteiger partial charge in [0, 0.05) is 6.42 Å². The van der Waals surface area contributed by atoms with E-state index in [9.17, 15) is 4.79 Å². The van der Waals surface area contributed by atoms with Crippen molar-refractivity contribution >= 4 is 6.16 Å². The Hall–Kier alpha value is -0.770. The van der Waals surface area contributed by atoms with E-state index in [-0.39, 0.29) is 17.8 Å². The zero-order valence-corrected chi connectivity index (χ0v) is 11.5. The maximum Gasteiger partial charge on any atom is 0.508 e. The zero-order valence-electron chi connectivity index (χ0n) is 11.5. The lowest BCUT2D eigenvalue weighted by Gasteiger charge is -2.31. The molecular weight excluding hydrogens is 220 g/mol. The molecule has 1 rings (SSSR count). The van der Waals surface area contributed by atoms with Crippen LogP contribution in [0.3, 0.4) is 0 Å². The summed E-state index contributed by atoms with van der Waals surface area (Å²) in [5.74, 6) is 0.619. The monoisotopic (exact) mass is 244 g/mol. The quantitative estimate of drug-likeness (QED) is 0.673. The first-order chi connectivity index (χ1) is 7.78. The fraction of sp³-hybridized carbons (Fsp3) is 0.923. The molecule has 0 amide bonds. The molecule has 0 aromatic rings. The predicted octanol–water partition coefficient (Wildman–Crippen LogP) is 3.14. The number of ether oxygens (including phenoxy) is 3. The average Bonchev–Trinajstić information content (AvgIpc) is 2.46. The molecule has 17 heavy (non-hydrogen) atoms. The second-order valence-corrected chi connectivity index (χ2v) is 5.82. The molecule has 1 aliphatic heterocycles. The number of hydrogen-bond acceptors (Lipinski definition) is 4. The van der Waals surface area contributed by atoms with Gasteiger partial charge in [-0.15, -0.1) is 0 Å². The summed E-state index contributed by atoms with van der Waals surface area (Å²) in [6.07, 6.45) is 1.17. The molecule has 2 atom stereocenters. The van der Waals surface area contributed by atoms with Crippen LogP contribution in [0.5, 0.6) is 0 Å². The summed E-state index contributed by atoms with van der Waals surface area (Å²) < 4.78 is 15.8. The van der Waals surface area contributed by atoms with Gasteiger partial charge in [0.2, 0.25) is 0 Å². The number of carbonyl (C=O) groups excluding carboxylic acids is 1. The molecule has 0 spiro atoms. The van der Waals surface area contributed by atoms with E-state index in [1.165, 1.54) is 0 Å². The van der Waals surface area contributed by atoms with Gasteiger partial charge in [-0.2, -0.15) is 0 Å². The minimum atomic E-state index is -0.568. The van der Waals surface area contributed by atoms with E-state index in [0.717, 1.165) is 6.42 Å². The maximum atomic E-state index is 10.8. The minimum absolute atomic E-state index is 0.177. The Labute approximate surface area is 104 Å². The fourth-order valence-electron chi connectivity index (χ4n) is 2.32. The lowest BCUT2D eigenvalue weighted by Crippen LogP contribution is -2.34.